The van der Waals surface area contributed by atoms with Gasteiger partial charge in [-0.2, -0.15) is 4.39 Å². The summed E-state index contributed by atoms with van der Waals surface area (Å²) in [7, 11) is 1.19. The monoisotopic (exact) mass is 299 g/mol. The average molecular weight is 300 g/mol. The maximum atomic E-state index is 13.2. The molecule has 0 amide bonds. The summed E-state index contributed by atoms with van der Waals surface area (Å²) in [5, 5.41) is 0.822. The third-order valence-corrected chi connectivity index (χ3v) is 3.02. The van der Waals surface area contributed by atoms with Crippen LogP contribution in [0.5, 0.6) is 0 Å². The van der Waals surface area contributed by atoms with Crippen molar-refractivity contribution in [3.63, 3.8) is 0 Å². The van der Waals surface area contributed by atoms with Crippen LogP contribution in [0.1, 0.15) is 10.5 Å². The molecule has 0 saturated carbocycles. The molecule has 2 aromatic rings. The zero-order chi connectivity index (χ0) is 14.0. The summed E-state index contributed by atoms with van der Waals surface area (Å²) >= 11 is 12.0. The molecule has 0 bridgehead atoms. The van der Waals surface area contributed by atoms with Crippen molar-refractivity contribution in [2.75, 3.05) is 7.11 Å². The summed E-state index contributed by atoms with van der Waals surface area (Å²) in [6.07, 6.45) is 0. The molecule has 0 unspecified atom stereocenters. The smallest absolute Gasteiger partial charge is 0.357 e. The fraction of sp³-hybridized carbons (Fsp3) is 0.0769. The van der Waals surface area contributed by atoms with Gasteiger partial charge >= 0.3 is 5.97 Å². The Labute approximate surface area is 118 Å². The highest BCUT2D eigenvalue weighted by Crippen LogP contribution is 2.32. The SMILES string of the molecule is COC(=O)c1nc(F)ccc1-c1cc(Cl)ccc1Cl. The Morgan fingerprint density at radius 2 is 1.95 bits per heavy atom. The lowest BCUT2D eigenvalue weighted by molar-refractivity contribution is 0.0593. The molecule has 0 atom stereocenters. The first kappa shape index (κ1) is 13.8. The minimum Gasteiger partial charge on any atom is -0.464 e. The Bertz CT molecular complexity index is 647. The first-order valence-electron chi connectivity index (χ1n) is 5.23. The van der Waals surface area contributed by atoms with E-state index in [2.05, 4.69) is 9.72 Å². The van der Waals surface area contributed by atoms with Gasteiger partial charge in [-0.15, -0.1) is 0 Å². The van der Waals surface area contributed by atoms with Crippen LogP contribution in [-0.2, 0) is 4.74 Å². The lowest BCUT2D eigenvalue weighted by atomic mass is 10.0. The van der Waals surface area contributed by atoms with E-state index in [-0.39, 0.29) is 5.69 Å². The molecule has 1 aromatic carbocycles. The van der Waals surface area contributed by atoms with Gasteiger partial charge in [-0.1, -0.05) is 23.2 Å². The van der Waals surface area contributed by atoms with Crippen LogP contribution in [0.2, 0.25) is 10.0 Å². The molecule has 1 heterocycles. The summed E-state index contributed by atoms with van der Waals surface area (Å²) in [5.41, 5.74) is 0.703. The molecule has 0 fully saturated rings. The number of aromatic nitrogens is 1. The number of esters is 1. The topological polar surface area (TPSA) is 39.2 Å². The van der Waals surface area contributed by atoms with Crippen molar-refractivity contribution in [3.8, 4) is 11.1 Å². The molecule has 0 aliphatic rings. The summed E-state index contributed by atoms with van der Waals surface area (Å²) in [4.78, 5) is 15.2. The van der Waals surface area contributed by atoms with E-state index in [1.807, 2.05) is 0 Å². The maximum absolute atomic E-state index is 13.2. The number of ether oxygens (including phenoxy) is 1. The fourth-order valence-electron chi connectivity index (χ4n) is 1.61. The normalized spacial score (nSPS) is 10.3. The van der Waals surface area contributed by atoms with E-state index in [0.29, 0.717) is 21.2 Å². The molecule has 19 heavy (non-hydrogen) atoms. The van der Waals surface area contributed by atoms with Gasteiger partial charge in [0.2, 0.25) is 5.95 Å². The molecule has 0 aliphatic heterocycles. The molecule has 3 nitrogen and oxygen atoms in total. The number of rotatable bonds is 2. The quantitative estimate of drug-likeness (QED) is 0.622. The lowest BCUT2D eigenvalue weighted by Crippen LogP contribution is -2.08. The van der Waals surface area contributed by atoms with Gasteiger partial charge in [0.05, 0.1) is 7.11 Å². The number of pyridine rings is 1. The second kappa shape index (κ2) is 5.55. The number of benzene rings is 1. The summed E-state index contributed by atoms with van der Waals surface area (Å²) < 4.78 is 17.7. The Kier molecular flexibility index (Phi) is 4.02. The minimum absolute atomic E-state index is 0.147. The molecular weight excluding hydrogens is 292 g/mol. The van der Waals surface area contributed by atoms with Crippen LogP contribution in [-0.4, -0.2) is 18.1 Å². The molecule has 0 aliphatic carbocycles. The van der Waals surface area contributed by atoms with E-state index >= 15 is 0 Å². The van der Waals surface area contributed by atoms with Crippen molar-refractivity contribution in [1.29, 1.82) is 0 Å². The zero-order valence-electron chi connectivity index (χ0n) is 9.78. The molecule has 98 valence electrons. The first-order chi connectivity index (χ1) is 9.02. The van der Waals surface area contributed by atoms with Gasteiger partial charge in [-0.25, -0.2) is 9.78 Å². The molecule has 0 saturated heterocycles. The highest BCUT2D eigenvalue weighted by molar-refractivity contribution is 6.35. The minimum atomic E-state index is -0.776. The number of halogens is 3. The van der Waals surface area contributed by atoms with E-state index in [1.165, 1.54) is 13.2 Å². The molecule has 2 rings (SSSR count). The molecule has 1 aromatic heterocycles. The second-order valence-electron chi connectivity index (χ2n) is 3.65. The van der Waals surface area contributed by atoms with E-state index in [0.717, 1.165) is 6.07 Å². The van der Waals surface area contributed by atoms with Crippen LogP contribution in [0.3, 0.4) is 0 Å². The third kappa shape index (κ3) is 2.85. The van der Waals surface area contributed by atoms with Crippen molar-refractivity contribution < 1.29 is 13.9 Å². The summed E-state index contributed by atoms with van der Waals surface area (Å²) in [6, 6.07) is 7.32. The highest BCUT2D eigenvalue weighted by Gasteiger charge is 2.18. The number of carbonyl (C=O) groups excluding carboxylic acids is 1. The Morgan fingerprint density at radius 1 is 1.21 bits per heavy atom. The Morgan fingerprint density at radius 3 is 2.63 bits per heavy atom. The van der Waals surface area contributed by atoms with Gasteiger partial charge in [-0.05, 0) is 30.3 Å². The zero-order valence-corrected chi connectivity index (χ0v) is 11.3. The van der Waals surface area contributed by atoms with Crippen molar-refractivity contribution in [1.82, 2.24) is 4.98 Å². The number of nitrogens with zero attached hydrogens (tertiary/aromatic N) is 1. The van der Waals surface area contributed by atoms with Gasteiger partial charge < -0.3 is 4.74 Å². The summed E-state index contributed by atoms with van der Waals surface area (Å²) in [6.45, 7) is 0. The van der Waals surface area contributed by atoms with E-state index < -0.39 is 11.9 Å². The van der Waals surface area contributed by atoms with E-state index in [9.17, 15) is 9.18 Å². The summed E-state index contributed by atoms with van der Waals surface area (Å²) in [5.74, 6) is -1.52. The third-order valence-electron chi connectivity index (χ3n) is 2.46. The van der Waals surface area contributed by atoms with Gasteiger partial charge in [0.15, 0.2) is 5.69 Å². The van der Waals surface area contributed by atoms with Crippen LogP contribution in [0.15, 0.2) is 30.3 Å². The van der Waals surface area contributed by atoms with Gasteiger partial charge in [0.1, 0.15) is 0 Å². The van der Waals surface area contributed by atoms with Gasteiger partial charge in [0, 0.05) is 21.2 Å². The van der Waals surface area contributed by atoms with Crippen LogP contribution in [0, 0.1) is 5.95 Å². The van der Waals surface area contributed by atoms with Gasteiger partial charge in [-0.3, -0.25) is 0 Å². The molecular formula is C13H8Cl2FNO2. The maximum Gasteiger partial charge on any atom is 0.357 e. The number of carbonyl (C=O) groups is 1. The number of hydrogen-bond donors (Lipinski definition) is 0. The van der Waals surface area contributed by atoms with Crippen LogP contribution >= 0.6 is 23.2 Å². The average Bonchev–Trinajstić information content (AvgIpc) is 2.41. The van der Waals surface area contributed by atoms with E-state index in [1.54, 1.807) is 18.2 Å². The lowest BCUT2D eigenvalue weighted by Gasteiger charge is -2.09. The van der Waals surface area contributed by atoms with Gasteiger partial charge in [0.25, 0.3) is 0 Å². The first-order valence-corrected chi connectivity index (χ1v) is 5.99. The highest BCUT2D eigenvalue weighted by atomic mass is 35.5. The predicted octanol–water partition coefficient (Wildman–Crippen LogP) is 3.98. The van der Waals surface area contributed by atoms with Crippen molar-refractivity contribution in [2.45, 2.75) is 0 Å². The van der Waals surface area contributed by atoms with Crippen LogP contribution in [0.25, 0.3) is 11.1 Å². The second-order valence-corrected chi connectivity index (χ2v) is 4.49. The predicted molar refractivity (Wildman–Crippen MR) is 71.0 cm³/mol. The van der Waals surface area contributed by atoms with E-state index in [4.69, 9.17) is 23.2 Å². The number of hydrogen-bond acceptors (Lipinski definition) is 3. The standard InChI is InChI=1S/C13H8Cl2FNO2/c1-19-13(18)12-8(3-5-11(16)17-12)9-6-7(14)2-4-10(9)15/h2-6H,1H3. The fourth-order valence-corrected chi connectivity index (χ4v) is 2.00. The Balaban J connectivity index is 2.68. The van der Waals surface area contributed by atoms with Crippen molar-refractivity contribution in [3.05, 3.63) is 52.0 Å². The van der Waals surface area contributed by atoms with Crippen molar-refractivity contribution >= 4 is 29.2 Å². The number of methoxy groups -OCH3 is 1. The Hall–Kier alpha value is -1.65. The van der Waals surface area contributed by atoms with Crippen LogP contribution in [0.4, 0.5) is 4.39 Å². The molecule has 0 radical (unpaired) electrons. The molecule has 0 spiro atoms. The van der Waals surface area contributed by atoms with Crippen LogP contribution < -0.4 is 0 Å². The largest absolute Gasteiger partial charge is 0.464 e. The molecule has 0 N–H and O–H groups in total. The molecule has 6 heteroatoms. The van der Waals surface area contributed by atoms with Crippen molar-refractivity contribution in [2.24, 2.45) is 0 Å².